The molecule has 0 aliphatic carbocycles. The third-order valence-electron chi connectivity index (χ3n) is 0.867. The van der Waals surface area contributed by atoms with Gasteiger partial charge in [0.05, 0.1) is 12.4 Å². The largest absolute Gasteiger partial charge is 0.384 e. The summed E-state index contributed by atoms with van der Waals surface area (Å²) >= 11 is 0. The van der Waals surface area contributed by atoms with Gasteiger partial charge in [-0.15, -0.1) is 0 Å². The van der Waals surface area contributed by atoms with Gasteiger partial charge in [0.2, 0.25) is 10.0 Å². The van der Waals surface area contributed by atoms with Crippen molar-refractivity contribution >= 4 is 10.0 Å². The second-order valence-electron chi connectivity index (χ2n) is 1.52. The molecule has 9 heavy (non-hydrogen) atoms. The van der Waals surface area contributed by atoms with Crippen LogP contribution in [0.2, 0.25) is 0 Å². The van der Waals surface area contributed by atoms with Crippen molar-refractivity contribution in [3.8, 4) is 0 Å². The minimum atomic E-state index is -3.06. The topological polar surface area (TPSA) is 55.4 Å². The number of methoxy groups -OCH3 is 1. The molecule has 0 amide bonds. The molecule has 0 atom stereocenters. The van der Waals surface area contributed by atoms with Crippen molar-refractivity contribution in [2.24, 2.45) is 0 Å². The van der Waals surface area contributed by atoms with Gasteiger partial charge in [-0.3, -0.25) is 0 Å². The van der Waals surface area contributed by atoms with Crippen LogP contribution in [0, 0.1) is 0 Å². The molecule has 0 aliphatic heterocycles. The molecule has 1 N–H and O–H groups in total. The Hall–Kier alpha value is -0.130. The van der Waals surface area contributed by atoms with Crippen LogP contribution in [0.15, 0.2) is 0 Å². The molecular formula is C4H11NO3S. The predicted molar refractivity (Wildman–Crippen MR) is 34.7 cm³/mol. The molecule has 0 fully saturated rings. The van der Waals surface area contributed by atoms with Crippen molar-refractivity contribution in [2.75, 3.05) is 26.5 Å². The highest BCUT2D eigenvalue weighted by atomic mass is 32.2. The molecule has 0 aromatic carbocycles. The van der Waals surface area contributed by atoms with E-state index in [2.05, 4.69) is 9.46 Å². The standard InChI is InChI=1S/C4H11NO3S/c1-5-9(6,7)4-3-8-2/h5H,3-4H2,1-2H3. The van der Waals surface area contributed by atoms with Crippen LogP contribution in [-0.4, -0.2) is 34.9 Å². The molecule has 0 aliphatic rings. The van der Waals surface area contributed by atoms with Gasteiger partial charge >= 0.3 is 0 Å². The summed E-state index contributed by atoms with van der Waals surface area (Å²) in [5, 5.41) is 0. The van der Waals surface area contributed by atoms with E-state index in [1.54, 1.807) is 0 Å². The monoisotopic (exact) mass is 153 g/mol. The predicted octanol–water partition coefficient (Wildman–Crippen LogP) is -0.818. The highest BCUT2D eigenvalue weighted by Gasteiger charge is 2.03. The maximum Gasteiger partial charge on any atom is 0.213 e. The molecule has 4 nitrogen and oxygen atoms in total. The van der Waals surface area contributed by atoms with Gasteiger partial charge in [0, 0.05) is 7.11 Å². The summed E-state index contributed by atoms with van der Waals surface area (Å²) in [6.45, 7) is 0.239. The number of nitrogens with one attached hydrogen (secondary N) is 1. The minimum absolute atomic E-state index is 0.0278. The first-order valence-electron chi connectivity index (χ1n) is 2.52. The fraction of sp³-hybridized carbons (Fsp3) is 1.00. The van der Waals surface area contributed by atoms with Gasteiger partial charge in [0.1, 0.15) is 0 Å². The Labute approximate surface area is 55.3 Å². The lowest BCUT2D eigenvalue weighted by Gasteiger charge is -1.98. The first-order valence-corrected chi connectivity index (χ1v) is 4.18. The molecule has 0 radical (unpaired) electrons. The van der Waals surface area contributed by atoms with Crippen molar-refractivity contribution in [3.63, 3.8) is 0 Å². The quantitative estimate of drug-likeness (QED) is 0.574. The number of sulfonamides is 1. The van der Waals surface area contributed by atoms with E-state index in [1.807, 2.05) is 0 Å². The second kappa shape index (κ2) is 3.81. The highest BCUT2D eigenvalue weighted by Crippen LogP contribution is 1.80. The zero-order valence-electron chi connectivity index (χ0n) is 5.55. The van der Waals surface area contributed by atoms with E-state index >= 15 is 0 Å². The third kappa shape index (κ3) is 4.38. The van der Waals surface area contributed by atoms with E-state index < -0.39 is 10.0 Å². The van der Waals surface area contributed by atoms with E-state index in [0.717, 1.165) is 0 Å². The zero-order valence-corrected chi connectivity index (χ0v) is 6.36. The van der Waals surface area contributed by atoms with E-state index in [4.69, 9.17) is 0 Å². The van der Waals surface area contributed by atoms with Crippen molar-refractivity contribution in [1.29, 1.82) is 0 Å². The van der Waals surface area contributed by atoms with Crippen LogP contribution in [-0.2, 0) is 14.8 Å². The van der Waals surface area contributed by atoms with Crippen molar-refractivity contribution < 1.29 is 13.2 Å². The molecule has 0 saturated carbocycles. The minimum Gasteiger partial charge on any atom is -0.384 e. The molecular weight excluding hydrogens is 142 g/mol. The van der Waals surface area contributed by atoms with E-state index in [0.29, 0.717) is 0 Å². The van der Waals surface area contributed by atoms with Crippen LogP contribution in [0.4, 0.5) is 0 Å². The Morgan fingerprint density at radius 1 is 1.56 bits per heavy atom. The Kier molecular flexibility index (Phi) is 3.76. The van der Waals surface area contributed by atoms with Crippen LogP contribution in [0.1, 0.15) is 0 Å². The first-order chi connectivity index (χ1) is 4.12. The molecule has 0 heterocycles. The fourth-order valence-electron chi connectivity index (χ4n) is 0.295. The van der Waals surface area contributed by atoms with Crippen LogP contribution in [0.5, 0.6) is 0 Å². The van der Waals surface area contributed by atoms with E-state index in [1.165, 1.54) is 14.2 Å². The lowest BCUT2D eigenvalue weighted by Crippen LogP contribution is -2.24. The maximum atomic E-state index is 10.6. The van der Waals surface area contributed by atoms with E-state index in [9.17, 15) is 8.42 Å². The van der Waals surface area contributed by atoms with Gasteiger partial charge < -0.3 is 4.74 Å². The van der Waals surface area contributed by atoms with E-state index in [-0.39, 0.29) is 12.4 Å². The summed E-state index contributed by atoms with van der Waals surface area (Å²) in [7, 11) is -0.213. The third-order valence-corrected chi connectivity index (χ3v) is 2.19. The van der Waals surface area contributed by atoms with Gasteiger partial charge in [-0.2, -0.15) is 0 Å². The molecule has 56 valence electrons. The smallest absolute Gasteiger partial charge is 0.213 e. The zero-order chi connectivity index (χ0) is 7.33. The molecule has 0 saturated heterocycles. The fourth-order valence-corrected chi connectivity index (χ4v) is 0.885. The van der Waals surface area contributed by atoms with Crippen LogP contribution < -0.4 is 4.72 Å². The molecule has 0 bridgehead atoms. The number of rotatable bonds is 4. The molecule has 0 rings (SSSR count). The highest BCUT2D eigenvalue weighted by molar-refractivity contribution is 7.89. The van der Waals surface area contributed by atoms with Crippen molar-refractivity contribution in [3.05, 3.63) is 0 Å². The molecule has 0 unspecified atom stereocenters. The lowest BCUT2D eigenvalue weighted by molar-refractivity contribution is 0.217. The Morgan fingerprint density at radius 2 is 2.11 bits per heavy atom. The summed E-state index contributed by atoms with van der Waals surface area (Å²) in [5.41, 5.74) is 0. The van der Waals surface area contributed by atoms with Crippen molar-refractivity contribution in [2.45, 2.75) is 0 Å². The van der Waals surface area contributed by atoms with Gasteiger partial charge in [0.15, 0.2) is 0 Å². The first kappa shape index (κ1) is 8.87. The summed E-state index contributed by atoms with van der Waals surface area (Å²) in [4.78, 5) is 0. The number of hydrogen-bond donors (Lipinski definition) is 1. The van der Waals surface area contributed by atoms with Crippen LogP contribution in [0.3, 0.4) is 0 Å². The van der Waals surface area contributed by atoms with Crippen molar-refractivity contribution in [1.82, 2.24) is 4.72 Å². The van der Waals surface area contributed by atoms with Gasteiger partial charge in [0.25, 0.3) is 0 Å². The van der Waals surface area contributed by atoms with Gasteiger partial charge in [-0.25, -0.2) is 13.1 Å². The average molecular weight is 153 g/mol. The molecule has 0 aromatic rings. The average Bonchev–Trinajstić information content (AvgIpc) is 1.84. The number of ether oxygens (including phenoxy) is 1. The molecule has 0 aromatic heterocycles. The Morgan fingerprint density at radius 3 is 2.44 bits per heavy atom. The Balaban J connectivity index is 3.61. The van der Waals surface area contributed by atoms with Gasteiger partial charge in [-0.05, 0) is 7.05 Å². The number of hydrogen-bond acceptors (Lipinski definition) is 3. The van der Waals surface area contributed by atoms with Gasteiger partial charge in [-0.1, -0.05) is 0 Å². The van der Waals surface area contributed by atoms with Crippen LogP contribution >= 0.6 is 0 Å². The summed E-state index contributed by atoms with van der Waals surface area (Å²) in [6.07, 6.45) is 0. The molecule has 5 heteroatoms. The summed E-state index contributed by atoms with van der Waals surface area (Å²) in [5.74, 6) is 0.0278. The summed E-state index contributed by atoms with van der Waals surface area (Å²) < 4.78 is 27.9. The SMILES string of the molecule is CNS(=O)(=O)CCOC. The van der Waals surface area contributed by atoms with Crippen LogP contribution in [0.25, 0.3) is 0 Å². The Bertz CT molecular complexity index is 151. The lowest BCUT2D eigenvalue weighted by atomic mass is 10.9. The molecule has 0 spiro atoms. The second-order valence-corrected chi connectivity index (χ2v) is 3.56. The summed E-state index contributed by atoms with van der Waals surface area (Å²) in [6, 6.07) is 0. The maximum absolute atomic E-state index is 10.6. The normalized spacial score (nSPS) is 11.8.